The average molecular weight is 496 g/mol. The smallest absolute Gasteiger partial charge is 0.416 e. The van der Waals surface area contributed by atoms with Crippen LogP contribution in [0.25, 0.3) is 22.3 Å². The number of hydrogen-bond acceptors (Lipinski definition) is 6. The van der Waals surface area contributed by atoms with Crippen molar-refractivity contribution >= 4 is 16.7 Å². The lowest BCUT2D eigenvalue weighted by molar-refractivity contribution is -0.137. The number of ketones is 1. The van der Waals surface area contributed by atoms with Gasteiger partial charge < -0.3 is 9.84 Å². The monoisotopic (exact) mass is 496 g/mol. The Kier molecular flexibility index (Phi) is 5.99. The van der Waals surface area contributed by atoms with E-state index in [4.69, 9.17) is 9.84 Å². The van der Waals surface area contributed by atoms with Crippen LogP contribution in [0.4, 0.5) is 13.2 Å². The molecule has 1 atom stereocenters. The van der Waals surface area contributed by atoms with E-state index in [1.54, 1.807) is 11.6 Å². The summed E-state index contributed by atoms with van der Waals surface area (Å²) in [7, 11) is 0. The third kappa shape index (κ3) is 4.21. The summed E-state index contributed by atoms with van der Waals surface area (Å²) < 4.78 is 46.1. The number of hydrogen-bond donors (Lipinski definition) is 1. The molecule has 7 nitrogen and oxygen atoms in total. The molecule has 3 heterocycles. The largest absolute Gasteiger partial charge is 0.474 e. The number of halogens is 3. The molecule has 2 aromatic heterocycles. The van der Waals surface area contributed by atoms with E-state index in [1.165, 1.54) is 12.3 Å². The molecule has 1 N–H and O–H groups in total. The van der Waals surface area contributed by atoms with Crippen LogP contribution in [0.15, 0.2) is 42.6 Å². The molecule has 0 amide bonds. The molecule has 1 aliphatic heterocycles. The van der Waals surface area contributed by atoms with Crippen molar-refractivity contribution in [3.8, 4) is 17.3 Å². The number of aryl methyl sites for hydroxylation is 2. The van der Waals surface area contributed by atoms with Crippen molar-refractivity contribution in [1.29, 1.82) is 0 Å². The van der Waals surface area contributed by atoms with Crippen LogP contribution in [0, 0.1) is 13.8 Å². The zero-order chi connectivity index (χ0) is 25.6. The molecule has 0 fully saturated rings. The van der Waals surface area contributed by atoms with E-state index in [9.17, 15) is 18.0 Å². The van der Waals surface area contributed by atoms with Gasteiger partial charge in [-0.15, -0.1) is 5.10 Å². The van der Waals surface area contributed by atoms with Crippen molar-refractivity contribution in [2.24, 2.45) is 0 Å². The van der Waals surface area contributed by atoms with Crippen LogP contribution in [-0.2, 0) is 12.7 Å². The molecule has 36 heavy (non-hydrogen) atoms. The topological polar surface area (TPSA) is 90.1 Å². The molecule has 5 rings (SSSR count). The highest BCUT2D eigenvalue weighted by Gasteiger charge is 2.34. The Hall–Kier alpha value is -3.79. The number of carbonyl (C=O) groups excluding carboxylic acids is 1. The van der Waals surface area contributed by atoms with Crippen LogP contribution in [0.2, 0.25) is 0 Å². The highest BCUT2D eigenvalue weighted by Crippen LogP contribution is 2.36. The highest BCUT2D eigenvalue weighted by molar-refractivity contribution is 6.02. The Labute approximate surface area is 204 Å². The number of ether oxygens (including phenoxy) is 1. The Morgan fingerprint density at radius 1 is 1.17 bits per heavy atom. The lowest BCUT2D eigenvalue weighted by Gasteiger charge is -2.24. The first-order chi connectivity index (χ1) is 17.2. The Morgan fingerprint density at radius 3 is 2.69 bits per heavy atom. The second kappa shape index (κ2) is 9.02. The van der Waals surface area contributed by atoms with Gasteiger partial charge in [0.15, 0.2) is 11.6 Å². The van der Waals surface area contributed by atoms with Gasteiger partial charge in [-0.25, -0.2) is 9.97 Å². The SMILES string of the molecule is Cc1cc(-c2ncc3cc(C(F)(F)F)ccc3n2)ccc1C1CCn2nc(OCCO)c(C)c2C1=O. The van der Waals surface area contributed by atoms with Gasteiger partial charge in [0.25, 0.3) is 0 Å². The van der Waals surface area contributed by atoms with Gasteiger partial charge >= 0.3 is 6.18 Å². The summed E-state index contributed by atoms with van der Waals surface area (Å²) >= 11 is 0. The molecule has 0 saturated heterocycles. The van der Waals surface area contributed by atoms with Gasteiger partial charge in [-0.1, -0.05) is 12.1 Å². The summed E-state index contributed by atoms with van der Waals surface area (Å²) in [4.78, 5) is 22.1. The van der Waals surface area contributed by atoms with Crippen LogP contribution in [0.1, 0.15) is 45.1 Å². The maximum absolute atomic E-state index is 13.4. The fraction of sp³-hybridized carbons (Fsp3) is 0.308. The standard InChI is InChI=1S/C26H23F3N4O3/c1-14-11-16(24-30-13-17-12-18(26(27,28)29)4-6-21(17)31-24)3-5-19(14)20-7-8-33-22(23(20)35)15(2)25(32-33)36-10-9-34/h3-6,11-13,20,34H,7-10H2,1-2H3. The van der Waals surface area contributed by atoms with Crippen molar-refractivity contribution < 1.29 is 27.8 Å². The Morgan fingerprint density at radius 2 is 1.97 bits per heavy atom. The summed E-state index contributed by atoms with van der Waals surface area (Å²) in [5, 5.41) is 13.7. The zero-order valence-electron chi connectivity index (χ0n) is 19.6. The number of rotatable bonds is 5. The molecular weight excluding hydrogens is 473 g/mol. The van der Waals surface area contributed by atoms with Crippen LogP contribution in [0.5, 0.6) is 5.88 Å². The van der Waals surface area contributed by atoms with Crippen molar-refractivity contribution in [3.05, 3.63) is 70.5 Å². The molecule has 0 aliphatic carbocycles. The number of Topliss-reactive ketones (excluding diaryl/α,β-unsaturated/α-hetero) is 1. The van der Waals surface area contributed by atoms with E-state index < -0.39 is 11.7 Å². The van der Waals surface area contributed by atoms with E-state index in [0.717, 1.165) is 23.3 Å². The van der Waals surface area contributed by atoms with Gasteiger partial charge in [-0.2, -0.15) is 13.2 Å². The number of carbonyl (C=O) groups is 1. The first kappa shape index (κ1) is 23.9. The molecule has 4 aromatic rings. The fourth-order valence-electron chi connectivity index (χ4n) is 4.68. The lowest BCUT2D eigenvalue weighted by atomic mass is 9.84. The minimum absolute atomic E-state index is 0.0385. The molecular formula is C26H23F3N4O3. The average Bonchev–Trinajstić information content (AvgIpc) is 3.18. The first-order valence-electron chi connectivity index (χ1n) is 11.5. The first-order valence-corrected chi connectivity index (χ1v) is 11.5. The molecule has 1 unspecified atom stereocenters. The molecule has 0 radical (unpaired) electrons. The number of aliphatic hydroxyl groups is 1. The van der Waals surface area contributed by atoms with Gasteiger partial charge in [0.05, 0.1) is 23.6 Å². The van der Waals surface area contributed by atoms with Gasteiger partial charge in [-0.3, -0.25) is 9.48 Å². The lowest BCUT2D eigenvalue weighted by Crippen LogP contribution is -2.26. The van der Waals surface area contributed by atoms with Gasteiger partial charge in [0.1, 0.15) is 12.3 Å². The Balaban J connectivity index is 1.43. The number of alkyl halides is 3. The maximum Gasteiger partial charge on any atom is 0.416 e. The van der Waals surface area contributed by atoms with Crippen LogP contribution in [-0.4, -0.2) is 43.9 Å². The van der Waals surface area contributed by atoms with Crippen molar-refractivity contribution in [1.82, 2.24) is 19.7 Å². The minimum Gasteiger partial charge on any atom is -0.474 e. The molecule has 0 spiro atoms. The number of benzene rings is 2. The van der Waals surface area contributed by atoms with Gasteiger partial charge in [-0.05, 0) is 55.7 Å². The molecule has 1 aliphatic rings. The molecule has 2 aromatic carbocycles. The fourth-order valence-corrected chi connectivity index (χ4v) is 4.68. The summed E-state index contributed by atoms with van der Waals surface area (Å²) in [5.74, 6) is 0.372. The molecule has 186 valence electrons. The number of aliphatic hydroxyl groups excluding tert-OH is 1. The third-order valence-corrected chi connectivity index (χ3v) is 6.47. The summed E-state index contributed by atoms with van der Waals surface area (Å²) in [6, 6.07) is 9.00. The van der Waals surface area contributed by atoms with Crippen LogP contribution < -0.4 is 4.74 Å². The molecule has 0 saturated carbocycles. The van der Waals surface area contributed by atoms with Crippen molar-refractivity contribution in [2.45, 2.75) is 38.9 Å². The third-order valence-electron chi connectivity index (χ3n) is 6.47. The second-order valence-electron chi connectivity index (χ2n) is 8.82. The van der Waals surface area contributed by atoms with Crippen molar-refractivity contribution in [3.63, 3.8) is 0 Å². The van der Waals surface area contributed by atoms with Crippen LogP contribution >= 0.6 is 0 Å². The maximum atomic E-state index is 13.4. The summed E-state index contributed by atoms with van der Waals surface area (Å²) in [5.41, 5.74) is 3.34. The Bertz CT molecular complexity index is 1480. The van der Waals surface area contributed by atoms with E-state index in [1.807, 2.05) is 25.1 Å². The van der Waals surface area contributed by atoms with Gasteiger partial charge in [0, 0.05) is 29.3 Å². The predicted octanol–water partition coefficient (Wildman–Crippen LogP) is 4.87. The van der Waals surface area contributed by atoms with Crippen LogP contribution in [0.3, 0.4) is 0 Å². The molecule has 0 bridgehead atoms. The minimum atomic E-state index is -4.43. The number of aromatic nitrogens is 4. The van der Waals surface area contributed by atoms with E-state index in [-0.39, 0.29) is 24.9 Å². The normalized spacial score (nSPS) is 15.8. The van der Waals surface area contributed by atoms with Gasteiger partial charge in [0.2, 0.25) is 5.88 Å². The summed E-state index contributed by atoms with van der Waals surface area (Å²) in [6.45, 7) is 4.23. The van der Waals surface area contributed by atoms with E-state index in [2.05, 4.69) is 15.1 Å². The zero-order valence-corrected chi connectivity index (χ0v) is 19.6. The van der Waals surface area contributed by atoms with E-state index in [0.29, 0.717) is 52.4 Å². The van der Waals surface area contributed by atoms with E-state index >= 15 is 0 Å². The molecule has 10 heteroatoms. The van der Waals surface area contributed by atoms with Crippen molar-refractivity contribution in [2.75, 3.05) is 13.2 Å². The predicted molar refractivity (Wildman–Crippen MR) is 126 cm³/mol. The highest BCUT2D eigenvalue weighted by atomic mass is 19.4. The summed E-state index contributed by atoms with van der Waals surface area (Å²) in [6.07, 6.45) is -2.46. The quantitative estimate of drug-likeness (QED) is 0.424. The number of nitrogens with zero attached hydrogens (tertiary/aromatic N) is 4. The number of fused-ring (bicyclic) bond motifs is 2. The second-order valence-corrected chi connectivity index (χ2v) is 8.82.